The summed E-state index contributed by atoms with van der Waals surface area (Å²) in [7, 11) is 0. The Balaban J connectivity index is 1.24. The van der Waals surface area contributed by atoms with Crippen molar-refractivity contribution >= 4 is 77.1 Å². The van der Waals surface area contributed by atoms with Crippen molar-refractivity contribution in [1.82, 2.24) is 0 Å². The molecule has 0 bridgehead atoms. The van der Waals surface area contributed by atoms with Crippen molar-refractivity contribution in [1.29, 1.82) is 0 Å². The summed E-state index contributed by atoms with van der Waals surface area (Å²) in [6, 6.07) is 34.9. The Bertz CT molecular complexity index is 1990. The molecule has 0 radical (unpaired) electrons. The molecule has 0 fully saturated rings. The minimum absolute atomic E-state index is 0.959. The first-order chi connectivity index (χ1) is 20.3. The highest BCUT2D eigenvalue weighted by atomic mass is 32.2. The number of benzene rings is 5. The highest BCUT2D eigenvalue weighted by molar-refractivity contribution is 8.35. The van der Waals surface area contributed by atoms with Crippen LogP contribution in [0.4, 0.5) is 0 Å². The van der Waals surface area contributed by atoms with Gasteiger partial charge in [-0.15, -0.1) is 0 Å². The van der Waals surface area contributed by atoms with E-state index >= 15 is 0 Å². The van der Waals surface area contributed by atoms with Crippen LogP contribution in [0.25, 0.3) is 30.0 Å². The first kappa shape index (κ1) is 26.6. The van der Waals surface area contributed by atoms with Gasteiger partial charge >= 0.3 is 0 Å². The lowest BCUT2D eigenvalue weighted by atomic mass is 9.97. The van der Waals surface area contributed by atoms with Gasteiger partial charge in [-0.3, -0.25) is 0 Å². The number of thioether (sulfide) groups is 4. The molecule has 2 heterocycles. The van der Waals surface area contributed by atoms with E-state index < -0.39 is 0 Å². The van der Waals surface area contributed by atoms with Crippen molar-refractivity contribution in [2.75, 3.05) is 0 Å². The zero-order valence-electron chi connectivity index (χ0n) is 22.2. The van der Waals surface area contributed by atoms with Gasteiger partial charge in [0.05, 0.1) is 8.47 Å². The first-order valence-electron chi connectivity index (χ1n) is 13.5. The topological polar surface area (TPSA) is 16.6 Å². The van der Waals surface area contributed by atoms with Crippen LogP contribution >= 0.6 is 47.0 Å². The predicted molar refractivity (Wildman–Crippen MR) is 184 cm³/mol. The molecular formula is C36H26NS4+. The molecule has 5 heteroatoms. The van der Waals surface area contributed by atoms with E-state index in [9.17, 15) is 0 Å². The second kappa shape index (κ2) is 12.3. The smallest absolute Gasteiger partial charge is 0.101 e. The summed E-state index contributed by atoms with van der Waals surface area (Å²) in [4.78, 5) is 0. The third kappa shape index (κ3) is 5.77. The summed E-state index contributed by atoms with van der Waals surface area (Å²) < 4.78 is 2.67. The van der Waals surface area contributed by atoms with Gasteiger partial charge in [-0.25, -0.2) is 0 Å². The summed E-state index contributed by atoms with van der Waals surface area (Å²) in [6.07, 6.45) is 0. The number of hydrogen-bond acceptors (Lipinski definition) is 4. The predicted octanol–water partition coefficient (Wildman–Crippen LogP) is 7.69. The highest BCUT2D eigenvalue weighted by Crippen LogP contribution is 2.41. The maximum absolute atomic E-state index is 3.47. The molecule has 0 unspecified atom stereocenters. The molecule has 0 atom stereocenters. The molecule has 5 aromatic carbocycles. The first-order valence-corrected chi connectivity index (χ1v) is 17.0. The largest absolute Gasteiger partial charge is 0.339 e. The minimum Gasteiger partial charge on any atom is -0.339 e. The van der Waals surface area contributed by atoms with Crippen LogP contribution in [0.3, 0.4) is 0 Å². The van der Waals surface area contributed by atoms with Crippen molar-refractivity contribution in [3.63, 3.8) is 0 Å². The van der Waals surface area contributed by atoms with Gasteiger partial charge in [0.2, 0.25) is 0 Å². The number of nitrogens with two attached hydrogens (primary N) is 1. The number of hydrogen-bond donors (Lipinski definition) is 1. The maximum Gasteiger partial charge on any atom is 0.101 e. The van der Waals surface area contributed by atoms with Crippen molar-refractivity contribution in [3.05, 3.63) is 151 Å². The van der Waals surface area contributed by atoms with E-state index in [1.165, 1.54) is 51.6 Å². The summed E-state index contributed by atoms with van der Waals surface area (Å²) >= 11 is 7.27. The normalized spacial score (nSPS) is 14.2. The van der Waals surface area contributed by atoms with E-state index in [1.807, 2.05) is 47.0 Å². The molecule has 0 aliphatic carbocycles. The van der Waals surface area contributed by atoms with Gasteiger partial charge in [-0.2, -0.15) is 0 Å². The quantitative estimate of drug-likeness (QED) is 0.168. The van der Waals surface area contributed by atoms with Gasteiger partial charge in [0, 0.05) is 32.7 Å². The van der Waals surface area contributed by atoms with Gasteiger partial charge in [0.1, 0.15) is 13.1 Å². The average molecular weight is 601 g/mol. The fourth-order valence-corrected chi connectivity index (χ4v) is 9.08. The monoisotopic (exact) mass is 600 g/mol. The minimum atomic E-state index is 0.959. The van der Waals surface area contributed by atoms with E-state index in [4.69, 9.17) is 0 Å². The van der Waals surface area contributed by atoms with Crippen LogP contribution in [0.5, 0.6) is 0 Å². The molecule has 0 saturated carbocycles. The number of fused-ring (bicyclic) bond motifs is 2. The fraction of sp³-hybridized carbons (Fsp3) is 0.0556. The van der Waals surface area contributed by atoms with Crippen LogP contribution in [0.2, 0.25) is 0 Å². The van der Waals surface area contributed by atoms with Crippen LogP contribution in [0.15, 0.2) is 119 Å². The summed E-state index contributed by atoms with van der Waals surface area (Å²) in [5.41, 5.74) is 4.74. The van der Waals surface area contributed by atoms with Gasteiger partial charge in [-0.05, 0) is 67.4 Å². The Morgan fingerprint density at radius 1 is 0.463 bits per heavy atom. The molecule has 5 aromatic rings. The lowest BCUT2D eigenvalue weighted by Gasteiger charge is -2.11. The lowest BCUT2D eigenvalue weighted by molar-refractivity contribution is -0.686. The molecule has 2 N–H and O–H groups in total. The summed E-state index contributed by atoms with van der Waals surface area (Å²) in [5, 5.41) is 18.9. The van der Waals surface area contributed by atoms with E-state index in [-0.39, 0.29) is 0 Å². The molecule has 0 aromatic heterocycles. The molecule has 2 aliphatic rings. The standard InChI is InChI=1S/C36H25NS4/c1-2-6-27(7-3-1)23-37-24-28-14-11-25(12-15-28)10-13-26-16-17-31-32(22-26)34(36-40-20-21-41-36)30-9-5-4-8-29(30)33(31)35-38-18-19-39-35/h1-9,11-12,14-22,37H,23-24H2/p+1. The maximum atomic E-state index is 3.47. The molecule has 1 nitrogen and oxygen atoms in total. The molecule has 0 saturated heterocycles. The van der Waals surface area contributed by atoms with E-state index in [0.29, 0.717) is 0 Å². The second-order valence-electron chi connectivity index (χ2n) is 9.78. The Kier molecular flexibility index (Phi) is 8.01. The van der Waals surface area contributed by atoms with Crippen LogP contribution in [0.1, 0.15) is 22.3 Å². The van der Waals surface area contributed by atoms with Crippen molar-refractivity contribution in [2.24, 2.45) is 0 Å². The summed E-state index contributed by atoms with van der Waals surface area (Å²) in [6.45, 7) is 1.95. The summed E-state index contributed by atoms with van der Waals surface area (Å²) in [5.74, 6) is 6.88. The van der Waals surface area contributed by atoms with E-state index in [2.05, 4.69) is 136 Å². The van der Waals surface area contributed by atoms with Crippen molar-refractivity contribution < 1.29 is 5.32 Å². The third-order valence-corrected chi connectivity index (χ3v) is 11.4. The Labute approximate surface area is 257 Å². The van der Waals surface area contributed by atoms with Crippen LogP contribution in [-0.2, 0) is 13.1 Å². The Morgan fingerprint density at radius 3 is 1.59 bits per heavy atom. The third-order valence-electron chi connectivity index (χ3n) is 7.15. The Hall–Kier alpha value is -3.24. The molecule has 7 rings (SSSR count). The number of rotatable bonds is 4. The van der Waals surface area contributed by atoms with Gasteiger partial charge in [0.15, 0.2) is 0 Å². The molecule has 198 valence electrons. The van der Waals surface area contributed by atoms with Crippen molar-refractivity contribution in [3.8, 4) is 11.8 Å². The molecular weight excluding hydrogens is 575 g/mol. The van der Waals surface area contributed by atoms with Crippen molar-refractivity contribution in [2.45, 2.75) is 13.1 Å². The van der Waals surface area contributed by atoms with E-state index in [1.54, 1.807) is 0 Å². The zero-order valence-corrected chi connectivity index (χ0v) is 25.4. The van der Waals surface area contributed by atoms with Crippen LogP contribution in [0, 0.1) is 11.8 Å². The molecule has 41 heavy (non-hydrogen) atoms. The molecule has 2 aliphatic heterocycles. The SMILES string of the molecule is C(#Cc1ccc2c(=C3SC=CS3)c3ccccc3c(=C3SC=CS3)c2c1)c1ccc(C[NH2+]Cc2ccccc2)cc1. The average Bonchev–Trinajstić information content (AvgIpc) is 3.75. The van der Waals surface area contributed by atoms with Gasteiger partial charge in [0.25, 0.3) is 0 Å². The fourth-order valence-electron chi connectivity index (χ4n) is 5.23. The molecule has 0 amide bonds. The van der Waals surface area contributed by atoms with E-state index in [0.717, 1.165) is 24.2 Å². The Morgan fingerprint density at radius 2 is 0.951 bits per heavy atom. The van der Waals surface area contributed by atoms with Crippen LogP contribution < -0.4 is 15.8 Å². The second-order valence-corrected chi connectivity index (χ2v) is 14.0. The van der Waals surface area contributed by atoms with Gasteiger partial charge in [-0.1, -0.05) is 132 Å². The zero-order chi connectivity index (χ0) is 27.4. The molecule has 0 spiro atoms. The highest BCUT2D eigenvalue weighted by Gasteiger charge is 2.15. The number of quaternary nitrogens is 1. The lowest BCUT2D eigenvalue weighted by Crippen LogP contribution is -2.80. The van der Waals surface area contributed by atoms with Gasteiger partial charge < -0.3 is 5.32 Å². The van der Waals surface area contributed by atoms with Crippen LogP contribution in [-0.4, -0.2) is 0 Å².